The zero-order valence-corrected chi connectivity index (χ0v) is 14.7. The van der Waals surface area contributed by atoms with Gasteiger partial charge in [-0.05, 0) is 43.2 Å². The summed E-state index contributed by atoms with van der Waals surface area (Å²) in [4.78, 5) is 0. The molecule has 0 aromatic carbocycles. The lowest BCUT2D eigenvalue weighted by atomic mass is 10.0. The van der Waals surface area contributed by atoms with Gasteiger partial charge in [0, 0.05) is 18.9 Å². The van der Waals surface area contributed by atoms with Crippen LogP contribution in [0.5, 0.6) is 0 Å². The lowest BCUT2D eigenvalue weighted by molar-refractivity contribution is 0.165. The predicted molar refractivity (Wildman–Crippen MR) is 93.9 cm³/mol. The fourth-order valence-electron chi connectivity index (χ4n) is 3.67. The molecule has 3 rings (SSSR count). The second kappa shape index (κ2) is 7.62. The molecule has 2 heterocycles. The van der Waals surface area contributed by atoms with Crippen molar-refractivity contribution in [3.8, 4) is 6.07 Å². The van der Waals surface area contributed by atoms with Gasteiger partial charge < -0.3 is 10.4 Å². The van der Waals surface area contributed by atoms with Gasteiger partial charge in [-0.2, -0.15) is 15.5 Å². The van der Waals surface area contributed by atoms with E-state index in [0.29, 0.717) is 23.7 Å². The topological polar surface area (TPSA) is 99.7 Å². The Morgan fingerprint density at radius 2 is 2.16 bits per heavy atom. The van der Waals surface area contributed by atoms with Gasteiger partial charge in [0.25, 0.3) is 0 Å². The Morgan fingerprint density at radius 3 is 2.80 bits per heavy atom. The molecule has 1 aliphatic carbocycles. The van der Waals surface area contributed by atoms with Gasteiger partial charge in [0.2, 0.25) is 0 Å². The summed E-state index contributed by atoms with van der Waals surface area (Å²) in [5.41, 5.74) is 2.37. The van der Waals surface area contributed by atoms with E-state index in [9.17, 15) is 10.4 Å². The third-order valence-electron chi connectivity index (χ3n) is 4.91. The molecular weight excluding hydrogens is 316 g/mol. The Hall–Kier alpha value is -2.46. The number of nitriles is 1. The average molecular weight is 340 g/mol. The third-order valence-corrected chi connectivity index (χ3v) is 4.91. The molecule has 0 aliphatic heterocycles. The molecule has 0 spiro atoms. The third kappa shape index (κ3) is 3.64. The number of aromatic nitrogens is 4. The molecule has 0 bridgehead atoms. The molecule has 1 aliphatic rings. The van der Waals surface area contributed by atoms with Crippen LogP contribution in [0.15, 0.2) is 18.5 Å². The largest absolute Gasteiger partial charge is 0.391 e. The Balaban J connectivity index is 1.75. The van der Waals surface area contributed by atoms with Crippen molar-refractivity contribution >= 4 is 5.82 Å². The van der Waals surface area contributed by atoms with Crippen LogP contribution in [-0.4, -0.2) is 37.2 Å². The number of aliphatic hydroxyl groups excluding tert-OH is 1. The normalized spacial score (nSPS) is 22.7. The molecule has 0 saturated heterocycles. The van der Waals surface area contributed by atoms with Gasteiger partial charge in [-0.1, -0.05) is 13.8 Å². The van der Waals surface area contributed by atoms with Crippen LogP contribution in [0.25, 0.3) is 0 Å². The van der Waals surface area contributed by atoms with E-state index in [-0.39, 0.29) is 6.04 Å². The van der Waals surface area contributed by atoms with Gasteiger partial charge in [0.1, 0.15) is 11.6 Å². The Morgan fingerprint density at radius 1 is 1.32 bits per heavy atom. The summed E-state index contributed by atoms with van der Waals surface area (Å²) in [5.74, 6) is 0.826. The molecule has 132 valence electrons. The monoisotopic (exact) mass is 340 g/mol. The Kier molecular flexibility index (Phi) is 5.29. The van der Waals surface area contributed by atoms with Gasteiger partial charge in [-0.3, -0.25) is 4.68 Å². The minimum absolute atomic E-state index is 0.126. The lowest BCUT2D eigenvalue weighted by Crippen LogP contribution is -2.29. The molecule has 2 aromatic rings. The van der Waals surface area contributed by atoms with Gasteiger partial charge in [-0.15, -0.1) is 5.10 Å². The maximum absolute atomic E-state index is 10.4. The average Bonchev–Trinajstić information content (AvgIpc) is 3.24. The molecule has 0 radical (unpaired) electrons. The molecule has 2 N–H and O–H groups in total. The van der Waals surface area contributed by atoms with E-state index < -0.39 is 6.10 Å². The van der Waals surface area contributed by atoms with Crippen molar-refractivity contribution < 1.29 is 5.11 Å². The van der Waals surface area contributed by atoms with Crippen LogP contribution in [0.3, 0.4) is 0 Å². The van der Waals surface area contributed by atoms with Crippen LogP contribution < -0.4 is 5.32 Å². The molecule has 0 amide bonds. The number of hydrogen-bond donors (Lipinski definition) is 2. The van der Waals surface area contributed by atoms with Crippen LogP contribution in [-0.2, 0) is 19.4 Å². The molecular formula is C18H24N6O. The van der Waals surface area contributed by atoms with E-state index in [4.69, 9.17) is 0 Å². The Labute approximate surface area is 147 Å². The van der Waals surface area contributed by atoms with E-state index in [1.54, 1.807) is 6.20 Å². The van der Waals surface area contributed by atoms with Gasteiger partial charge in [-0.25, -0.2) is 0 Å². The lowest BCUT2D eigenvalue weighted by Gasteiger charge is -2.19. The molecule has 1 unspecified atom stereocenters. The molecule has 1 fully saturated rings. The standard InChI is InChI=1S/C18H24N6O/c1-3-13-14(10-19)18(23-22-15(13)4-2)21-16-8-12(9-17(16)25)11-24-7-5-6-20-24/h5-7,12,16-17,25H,3-4,8-9,11H2,1-2H3,(H,21,23)/t12?,16-,17-/m1/s1. The maximum atomic E-state index is 10.4. The minimum atomic E-state index is -0.468. The van der Waals surface area contributed by atoms with E-state index in [2.05, 4.69) is 26.7 Å². The quantitative estimate of drug-likeness (QED) is 0.833. The number of rotatable bonds is 6. The highest BCUT2D eigenvalue weighted by molar-refractivity contribution is 5.57. The highest BCUT2D eigenvalue weighted by atomic mass is 16.3. The van der Waals surface area contributed by atoms with Crippen LogP contribution in [0.1, 0.15) is 43.5 Å². The highest BCUT2D eigenvalue weighted by Gasteiger charge is 2.34. The van der Waals surface area contributed by atoms with Crippen molar-refractivity contribution in [2.45, 2.75) is 58.2 Å². The number of aliphatic hydroxyl groups is 1. The second-order valence-electron chi connectivity index (χ2n) is 6.55. The first-order valence-corrected chi connectivity index (χ1v) is 8.86. The van der Waals surface area contributed by atoms with Crippen molar-refractivity contribution in [3.63, 3.8) is 0 Å². The molecule has 1 saturated carbocycles. The van der Waals surface area contributed by atoms with Crippen molar-refractivity contribution in [1.29, 1.82) is 5.26 Å². The van der Waals surface area contributed by atoms with Crippen LogP contribution >= 0.6 is 0 Å². The van der Waals surface area contributed by atoms with Gasteiger partial charge >= 0.3 is 0 Å². The van der Waals surface area contributed by atoms with Crippen LogP contribution in [0.4, 0.5) is 5.82 Å². The van der Waals surface area contributed by atoms with Crippen LogP contribution in [0, 0.1) is 17.2 Å². The predicted octanol–water partition coefficient (Wildman–Crippen LogP) is 1.92. The van der Waals surface area contributed by atoms with E-state index in [1.165, 1.54) is 0 Å². The zero-order valence-electron chi connectivity index (χ0n) is 14.7. The van der Waals surface area contributed by atoms with Crippen LogP contribution in [0.2, 0.25) is 0 Å². The highest BCUT2D eigenvalue weighted by Crippen LogP contribution is 2.31. The minimum Gasteiger partial charge on any atom is -0.391 e. The molecule has 25 heavy (non-hydrogen) atoms. The summed E-state index contributed by atoms with van der Waals surface area (Å²) in [5, 5.41) is 36.0. The van der Waals surface area contributed by atoms with Gasteiger partial charge in [0.15, 0.2) is 5.82 Å². The Bertz CT molecular complexity index is 752. The fourth-order valence-corrected chi connectivity index (χ4v) is 3.67. The maximum Gasteiger partial charge on any atom is 0.167 e. The first kappa shape index (κ1) is 17.4. The second-order valence-corrected chi connectivity index (χ2v) is 6.55. The van der Waals surface area contributed by atoms with Crippen molar-refractivity contribution in [2.75, 3.05) is 5.32 Å². The summed E-state index contributed by atoms with van der Waals surface area (Å²) >= 11 is 0. The summed E-state index contributed by atoms with van der Waals surface area (Å²) in [6.07, 6.45) is 6.24. The van der Waals surface area contributed by atoms with E-state index >= 15 is 0 Å². The number of anilines is 1. The number of hydrogen-bond acceptors (Lipinski definition) is 6. The summed E-state index contributed by atoms with van der Waals surface area (Å²) < 4.78 is 1.89. The van der Waals surface area contributed by atoms with Crippen molar-refractivity contribution in [1.82, 2.24) is 20.0 Å². The first-order valence-electron chi connectivity index (χ1n) is 8.86. The van der Waals surface area contributed by atoms with Crippen molar-refractivity contribution in [3.05, 3.63) is 35.3 Å². The number of nitrogens with one attached hydrogen (secondary N) is 1. The summed E-state index contributed by atoms with van der Waals surface area (Å²) in [7, 11) is 0. The first-order chi connectivity index (χ1) is 12.2. The smallest absolute Gasteiger partial charge is 0.167 e. The SMILES string of the molecule is CCc1nnc(N[C@@H]2CC(Cn3cccn3)C[C@H]2O)c(C#N)c1CC. The molecule has 3 atom stereocenters. The fraction of sp³-hybridized carbons (Fsp3) is 0.556. The molecule has 7 heteroatoms. The van der Waals surface area contributed by atoms with Gasteiger partial charge in [0.05, 0.1) is 17.8 Å². The summed E-state index contributed by atoms with van der Waals surface area (Å²) in [6, 6.07) is 4.04. The van der Waals surface area contributed by atoms with E-state index in [0.717, 1.165) is 37.1 Å². The zero-order chi connectivity index (χ0) is 17.8. The number of nitrogens with zero attached hydrogens (tertiary/aromatic N) is 5. The van der Waals surface area contributed by atoms with E-state index in [1.807, 2.05) is 30.8 Å². The molecule has 2 aromatic heterocycles. The molecule has 7 nitrogen and oxygen atoms in total. The summed E-state index contributed by atoms with van der Waals surface area (Å²) in [6.45, 7) is 4.82. The van der Waals surface area contributed by atoms with Crippen molar-refractivity contribution in [2.24, 2.45) is 5.92 Å². The number of aryl methyl sites for hydroxylation is 1.